The van der Waals surface area contributed by atoms with Crippen molar-refractivity contribution < 1.29 is 14.3 Å². The summed E-state index contributed by atoms with van der Waals surface area (Å²) < 4.78 is 11.5. The van der Waals surface area contributed by atoms with Crippen LogP contribution in [0.4, 0.5) is 0 Å². The van der Waals surface area contributed by atoms with E-state index in [0.29, 0.717) is 19.3 Å². The minimum atomic E-state index is -0.443. The van der Waals surface area contributed by atoms with E-state index in [2.05, 4.69) is 24.4 Å². The summed E-state index contributed by atoms with van der Waals surface area (Å²) in [5.41, 5.74) is 0.884. The second-order valence-electron chi connectivity index (χ2n) is 7.85. The number of amides is 1. The quantitative estimate of drug-likeness (QED) is 0.893. The van der Waals surface area contributed by atoms with E-state index >= 15 is 0 Å². The van der Waals surface area contributed by atoms with Crippen LogP contribution in [0.15, 0.2) is 30.3 Å². The van der Waals surface area contributed by atoms with E-state index in [4.69, 9.17) is 9.47 Å². The lowest BCUT2D eigenvalue weighted by Crippen LogP contribution is -2.69. The van der Waals surface area contributed by atoms with Crippen molar-refractivity contribution in [3.63, 3.8) is 0 Å². The van der Waals surface area contributed by atoms with Gasteiger partial charge in [-0.25, -0.2) is 0 Å². The molecule has 1 spiro atoms. The van der Waals surface area contributed by atoms with Gasteiger partial charge in [0, 0.05) is 31.3 Å². The molecule has 4 rings (SSSR count). The van der Waals surface area contributed by atoms with Gasteiger partial charge >= 0.3 is 0 Å². The van der Waals surface area contributed by atoms with Crippen LogP contribution in [-0.2, 0) is 19.7 Å². The number of carbonyl (C=O) groups excluding carboxylic acids is 1. The molecule has 3 aliphatic rings. The molecule has 0 aromatic heterocycles. The Morgan fingerprint density at radius 2 is 1.92 bits per heavy atom. The van der Waals surface area contributed by atoms with Crippen molar-refractivity contribution in [2.75, 3.05) is 19.8 Å². The first-order chi connectivity index (χ1) is 12.2. The number of carbonyl (C=O) groups is 1. The predicted octanol–water partition coefficient (Wildman–Crippen LogP) is 3.20. The normalized spacial score (nSPS) is 29.5. The summed E-state index contributed by atoms with van der Waals surface area (Å²) in [7, 11) is 0. The van der Waals surface area contributed by atoms with Crippen molar-refractivity contribution in [1.82, 2.24) is 5.32 Å². The molecule has 1 aliphatic heterocycles. The van der Waals surface area contributed by atoms with E-state index in [1.165, 1.54) is 19.3 Å². The van der Waals surface area contributed by atoms with Crippen molar-refractivity contribution in [3.05, 3.63) is 35.9 Å². The molecule has 2 saturated carbocycles. The maximum absolute atomic E-state index is 13.4. The fraction of sp³-hybridized carbons (Fsp3) is 0.667. The van der Waals surface area contributed by atoms with Crippen molar-refractivity contribution in [2.45, 2.75) is 63.0 Å². The number of benzene rings is 1. The van der Waals surface area contributed by atoms with Crippen LogP contribution in [0.2, 0.25) is 0 Å². The maximum atomic E-state index is 13.4. The van der Waals surface area contributed by atoms with Crippen molar-refractivity contribution >= 4 is 5.91 Å². The van der Waals surface area contributed by atoms with Gasteiger partial charge in [-0.2, -0.15) is 0 Å². The monoisotopic (exact) mass is 343 g/mol. The smallest absolute Gasteiger partial charge is 0.231 e. The Balaban J connectivity index is 1.52. The van der Waals surface area contributed by atoms with Crippen LogP contribution in [0.5, 0.6) is 0 Å². The van der Waals surface area contributed by atoms with Crippen molar-refractivity contribution in [2.24, 2.45) is 5.41 Å². The number of ether oxygens (including phenoxy) is 2. The first-order valence-corrected chi connectivity index (χ1v) is 9.77. The molecule has 1 N–H and O–H groups in total. The second kappa shape index (κ2) is 6.73. The Bertz CT molecular complexity index is 605. The summed E-state index contributed by atoms with van der Waals surface area (Å²) in [4.78, 5) is 13.4. The third kappa shape index (κ3) is 2.70. The average Bonchev–Trinajstić information content (AvgIpc) is 2.60. The van der Waals surface area contributed by atoms with E-state index in [0.717, 1.165) is 31.4 Å². The van der Waals surface area contributed by atoms with Crippen molar-refractivity contribution in [1.29, 1.82) is 0 Å². The summed E-state index contributed by atoms with van der Waals surface area (Å²) in [5.74, 6) is 0.188. The molecule has 4 nitrogen and oxygen atoms in total. The fourth-order valence-electron chi connectivity index (χ4n) is 5.06. The lowest BCUT2D eigenvalue weighted by molar-refractivity contribution is -0.178. The van der Waals surface area contributed by atoms with Gasteiger partial charge in [0.05, 0.1) is 11.5 Å². The van der Waals surface area contributed by atoms with Crippen LogP contribution >= 0.6 is 0 Å². The second-order valence-corrected chi connectivity index (χ2v) is 7.85. The SMILES string of the molecule is CCOC1CC(NC(=O)C2(c3ccccc3)CCOCC2)C12CCC2. The molecule has 3 fully saturated rings. The lowest BCUT2D eigenvalue weighted by Gasteiger charge is -2.61. The molecule has 1 amide bonds. The molecule has 4 heteroatoms. The van der Waals surface area contributed by atoms with E-state index in [9.17, 15) is 4.79 Å². The largest absolute Gasteiger partial charge is 0.381 e. The number of hydrogen-bond acceptors (Lipinski definition) is 3. The number of nitrogens with one attached hydrogen (secondary N) is 1. The van der Waals surface area contributed by atoms with Gasteiger partial charge in [-0.3, -0.25) is 4.79 Å². The van der Waals surface area contributed by atoms with Gasteiger partial charge in [0.2, 0.25) is 5.91 Å². The molecular weight excluding hydrogens is 314 g/mol. The van der Waals surface area contributed by atoms with Gasteiger partial charge in [-0.05, 0) is 44.6 Å². The summed E-state index contributed by atoms with van der Waals surface area (Å²) >= 11 is 0. The van der Waals surface area contributed by atoms with Crippen LogP contribution in [0.25, 0.3) is 0 Å². The van der Waals surface area contributed by atoms with Crippen LogP contribution in [-0.4, -0.2) is 37.9 Å². The number of hydrogen-bond donors (Lipinski definition) is 1. The van der Waals surface area contributed by atoms with E-state index in [-0.39, 0.29) is 17.4 Å². The van der Waals surface area contributed by atoms with Gasteiger partial charge < -0.3 is 14.8 Å². The fourth-order valence-corrected chi connectivity index (χ4v) is 5.06. The van der Waals surface area contributed by atoms with Gasteiger partial charge in [0.1, 0.15) is 0 Å². The first-order valence-electron chi connectivity index (χ1n) is 9.77. The minimum Gasteiger partial charge on any atom is -0.381 e. The Hall–Kier alpha value is -1.39. The minimum absolute atomic E-state index is 0.188. The molecule has 2 unspecified atom stereocenters. The van der Waals surface area contributed by atoms with Gasteiger partial charge in [0.15, 0.2) is 0 Å². The molecule has 2 atom stereocenters. The van der Waals surface area contributed by atoms with Crippen LogP contribution in [0, 0.1) is 5.41 Å². The Labute approximate surface area is 150 Å². The standard InChI is InChI=1S/C21H29NO3/c1-2-25-18-15-17(21(18)9-6-10-21)22-19(23)20(11-13-24-14-12-20)16-7-4-3-5-8-16/h3-5,7-8,17-18H,2,6,9-15H2,1H3,(H,22,23). The maximum Gasteiger partial charge on any atom is 0.231 e. The highest BCUT2D eigenvalue weighted by Crippen LogP contribution is 2.57. The Morgan fingerprint density at radius 1 is 1.20 bits per heavy atom. The Morgan fingerprint density at radius 3 is 2.52 bits per heavy atom. The first kappa shape index (κ1) is 17.0. The zero-order valence-corrected chi connectivity index (χ0v) is 15.1. The number of rotatable bonds is 5. The summed E-state index contributed by atoms with van der Waals surface area (Å²) in [6.45, 7) is 4.13. The third-order valence-corrected chi connectivity index (χ3v) is 6.85. The lowest BCUT2D eigenvalue weighted by atomic mass is 9.50. The van der Waals surface area contributed by atoms with Crippen LogP contribution in [0.1, 0.15) is 51.0 Å². The highest BCUT2D eigenvalue weighted by molar-refractivity contribution is 5.88. The topological polar surface area (TPSA) is 47.6 Å². The summed E-state index contributed by atoms with van der Waals surface area (Å²) in [5, 5.41) is 3.43. The summed E-state index contributed by atoms with van der Waals surface area (Å²) in [6.07, 6.45) is 6.44. The van der Waals surface area contributed by atoms with E-state index < -0.39 is 5.41 Å². The molecule has 136 valence electrons. The molecule has 2 aliphatic carbocycles. The van der Waals surface area contributed by atoms with Gasteiger partial charge in [0.25, 0.3) is 0 Å². The molecule has 0 bridgehead atoms. The zero-order valence-electron chi connectivity index (χ0n) is 15.1. The van der Waals surface area contributed by atoms with Crippen molar-refractivity contribution in [3.8, 4) is 0 Å². The van der Waals surface area contributed by atoms with Gasteiger partial charge in [-0.15, -0.1) is 0 Å². The van der Waals surface area contributed by atoms with E-state index in [1.54, 1.807) is 0 Å². The molecule has 1 saturated heterocycles. The Kier molecular flexibility index (Phi) is 4.59. The molecule has 1 aromatic rings. The summed E-state index contributed by atoms with van der Waals surface area (Å²) in [6, 6.07) is 10.5. The molecule has 1 heterocycles. The van der Waals surface area contributed by atoms with Crippen LogP contribution in [0.3, 0.4) is 0 Å². The zero-order chi connectivity index (χ0) is 17.3. The van der Waals surface area contributed by atoms with Crippen LogP contribution < -0.4 is 5.32 Å². The molecule has 1 aromatic carbocycles. The third-order valence-electron chi connectivity index (χ3n) is 6.85. The highest BCUT2D eigenvalue weighted by Gasteiger charge is 2.60. The van der Waals surface area contributed by atoms with Gasteiger partial charge in [-0.1, -0.05) is 36.8 Å². The average molecular weight is 343 g/mol. The highest BCUT2D eigenvalue weighted by atomic mass is 16.5. The molecule has 25 heavy (non-hydrogen) atoms. The molecule has 0 radical (unpaired) electrons. The molecular formula is C21H29NO3. The predicted molar refractivity (Wildman–Crippen MR) is 96.4 cm³/mol. The van der Waals surface area contributed by atoms with E-state index in [1.807, 2.05) is 18.2 Å².